The van der Waals surface area contributed by atoms with Crippen LogP contribution in [0.1, 0.15) is 0 Å². The summed E-state index contributed by atoms with van der Waals surface area (Å²) in [6.07, 6.45) is 2.09. The van der Waals surface area contributed by atoms with Crippen molar-refractivity contribution >= 4 is 17.4 Å². The molecule has 0 N–H and O–H groups in total. The lowest BCUT2D eigenvalue weighted by Crippen LogP contribution is -2.28. The summed E-state index contributed by atoms with van der Waals surface area (Å²) in [5.41, 5.74) is 1.21. The van der Waals surface area contributed by atoms with Crippen molar-refractivity contribution in [2.75, 3.05) is 31.4 Å². The van der Waals surface area contributed by atoms with Gasteiger partial charge >= 0.3 is 0 Å². The van der Waals surface area contributed by atoms with Gasteiger partial charge in [-0.3, -0.25) is 0 Å². The molecular weight excluding hydrogens is 182 g/mol. The Morgan fingerprint density at radius 2 is 2.31 bits per heavy atom. The number of benzene rings is 1. The molecule has 1 aliphatic heterocycles. The molecule has 13 heavy (non-hydrogen) atoms. The first-order chi connectivity index (χ1) is 6.31. The molecule has 0 amide bonds. The number of nitrogens with zero attached hydrogens (tertiary/aromatic N) is 1. The second kappa shape index (κ2) is 3.50. The number of hydrogen-bond acceptors (Lipinski definition) is 3. The van der Waals surface area contributed by atoms with Crippen molar-refractivity contribution in [2.24, 2.45) is 0 Å². The van der Waals surface area contributed by atoms with Crippen LogP contribution >= 0.6 is 11.8 Å². The van der Waals surface area contributed by atoms with Gasteiger partial charge in [0.1, 0.15) is 12.4 Å². The molecule has 0 aliphatic carbocycles. The molecule has 0 unspecified atom stereocenters. The molecule has 0 spiro atoms. The van der Waals surface area contributed by atoms with E-state index in [4.69, 9.17) is 4.74 Å². The van der Waals surface area contributed by atoms with Gasteiger partial charge in [-0.2, -0.15) is 0 Å². The maximum absolute atomic E-state index is 5.54. The smallest absolute Gasteiger partial charge is 0.142 e. The molecule has 1 aliphatic rings. The summed E-state index contributed by atoms with van der Waals surface area (Å²) in [7, 11) is 2.10. The van der Waals surface area contributed by atoms with Crippen LogP contribution in [0.15, 0.2) is 23.1 Å². The Balaban J connectivity index is 2.41. The van der Waals surface area contributed by atoms with Gasteiger partial charge in [0.2, 0.25) is 0 Å². The molecule has 1 aromatic carbocycles. The van der Waals surface area contributed by atoms with Gasteiger partial charge in [0.15, 0.2) is 0 Å². The van der Waals surface area contributed by atoms with Crippen molar-refractivity contribution in [1.82, 2.24) is 0 Å². The summed E-state index contributed by atoms with van der Waals surface area (Å²) in [5.74, 6) is 1.01. The number of ether oxygens (including phenoxy) is 1. The summed E-state index contributed by atoms with van der Waals surface area (Å²) < 4.78 is 5.54. The summed E-state index contributed by atoms with van der Waals surface area (Å²) in [6.45, 7) is 1.77. The van der Waals surface area contributed by atoms with E-state index in [1.54, 1.807) is 11.8 Å². The normalized spacial score (nSPS) is 15.1. The van der Waals surface area contributed by atoms with Crippen molar-refractivity contribution in [2.45, 2.75) is 4.90 Å². The van der Waals surface area contributed by atoms with Gasteiger partial charge in [0.25, 0.3) is 0 Å². The Hall–Kier alpha value is -0.830. The number of anilines is 1. The van der Waals surface area contributed by atoms with Gasteiger partial charge in [0.05, 0.1) is 12.2 Å². The van der Waals surface area contributed by atoms with Gasteiger partial charge < -0.3 is 9.64 Å². The van der Waals surface area contributed by atoms with Crippen LogP contribution in [0.3, 0.4) is 0 Å². The maximum atomic E-state index is 5.54. The number of thioether (sulfide) groups is 1. The van der Waals surface area contributed by atoms with E-state index < -0.39 is 0 Å². The fourth-order valence-electron chi connectivity index (χ4n) is 1.46. The summed E-state index contributed by atoms with van der Waals surface area (Å²) in [6, 6.07) is 6.33. The Morgan fingerprint density at radius 1 is 1.46 bits per heavy atom. The van der Waals surface area contributed by atoms with Crippen molar-refractivity contribution in [1.29, 1.82) is 0 Å². The van der Waals surface area contributed by atoms with E-state index in [0.29, 0.717) is 0 Å². The highest BCUT2D eigenvalue weighted by Crippen LogP contribution is 2.33. The zero-order chi connectivity index (χ0) is 9.26. The van der Waals surface area contributed by atoms with Gasteiger partial charge in [-0.05, 0) is 24.5 Å². The molecular formula is C10H13NOS. The van der Waals surface area contributed by atoms with Crippen molar-refractivity contribution < 1.29 is 4.74 Å². The van der Waals surface area contributed by atoms with Gasteiger partial charge in [-0.1, -0.05) is 0 Å². The van der Waals surface area contributed by atoms with Crippen LogP contribution in [-0.4, -0.2) is 26.5 Å². The van der Waals surface area contributed by atoms with Gasteiger partial charge in [-0.25, -0.2) is 0 Å². The zero-order valence-corrected chi connectivity index (χ0v) is 8.73. The highest BCUT2D eigenvalue weighted by Gasteiger charge is 2.14. The minimum absolute atomic E-state index is 0.794. The molecule has 0 fully saturated rings. The molecule has 1 aromatic rings. The lowest BCUT2D eigenvalue weighted by Gasteiger charge is -2.27. The van der Waals surface area contributed by atoms with Gasteiger partial charge in [-0.15, -0.1) is 11.8 Å². The Bertz CT molecular complexity index is 314. The maximum Gasteiger partial charge on any atom is 0.142 e. The predicted molar refractivity (Wildman–Crippen MR) is 57.0 cm³/mol. The highest BCUT2D eigenvalue weighted by molar-refractivity contribution is 7.98. The topological polar surface area (TPSA) is 12.5 Å². The third-order valence-electron chi connectivity index (χ3n) is 2.26. The van der Waals surface area contributed by atoms with Crippen LogP contribution in [0, 0.1) is 0 Å². The van der Waals surface area contributed by atoms with Crippen LogP contribution in [0.4, 0.5) is 5.69 Å². The summed E-state index contributed by atoms with van der Waals surface area (Å²) in [4.78, 5) is 3.52. The number of likely N-dealkylation sites (N-methyl/N-ethyl adjacent to an activating group) is 1. The molecule has 0 bridgehead atoms. The Morgan fingerprint density at radius 3 is 3.08 bits per heavy atom. The second-order valence-corrected chi connectivity index (χ2v) is 3.98. The van der Waals surface area contributed by atoms with Crippen LogP contribution < -0.4 is 9.64 Å². The van der Waals surface area contributed by atoms with Crippen molar-refractivity contribution in [3.8, 4) is 5.75 Å². The van der Waals surface area contributed by atoms with E-state index in [-0.39, 0.29) is 0 Å². The van der Waals surface area contributed by atoms with Gasteiger partial charge in [0, 0.05) is 11.9 Å². The standard InChI is InChI=1S/C10H13NOS/c1-11-5-6-12-10-4-3-8(13-2)7-9(10)11/h3-4,7H,5-6H2,1-2H3. The van der Waals surface area contributed by atoms with E-state index in [1.165, 1.54) is 10.6 Å². The number of hydrogen-bond donors (Lipinski definition) is 0. The average Bonchev–Trinajstić information content (AvgIpc) is 2.18. The largest absolute Gasteiger partial charge is 0.490 e. The Labute approximate surface area is 82.9 Å². The minimum atomic E-state index is 0.794. The highest BCUT2D eigenvalue weighted by atomic mass is 32.2. The second-order valence-electron chi connectivity index (χ2n) is 3.10. The minimum Gasteiger partial charge on any atom is -0.490 e. The van der Waals surface area contributed by atoms with Crippen molar-refractivity contribution in [3.63, 3.8) is 0 Å². The quantitative estimate of drug-likeness (QED) is 0.638. The first-order valence-electron chi connectivity index (χ1n) is 4.33. The lowest BCUT2D eigenvalue weighted by molar-refractivity contribution is 0.311. The first-order valence-corrected chi connectivity index (χ1v) is 5.55. The average molecular weight is 195 g/mol. The molecule has 0 saturated carbocycles. The fraction of sp³-hybridized carbons (Fsp3) is 0.400. The van der Waals surface area contributed by atoms with E-state index in [0.717, 1.165) is 18.9 Å². The van der Waals surface area contributed by atoms with E-state index in [2.05, 4.69) is 36.4 Å². The Kier molecular flexibility index (Phi) is 2.36. The molecule has 0 aromatic heterocycles. The van der Waals surface area contributed by atoms with E-state index >= 15 is 0 Å². The summed E-state index contributed by atoms with van der Waals surface area (Å²) >= 11 is 1.76. The SMILES string of the molecule is CSc1ccc2c(c1)N(C)CCO2. The first kappa shape index (κ1) is 8.75. The van der Waals surface area contributed by atoms with Crippen LogP contribution in [-0.2, 0) is 0 Å². The van der Waals surface area contributed by atoms with E-state index in [1.807, 2.05) is 0 Å². The molecule has 2 rings (SSSR count). The zero-order valence-electron chi connectivity index (χ0n) is 7.91. The monoisotopic (exact) mass is 195 g/mol. The molecule has 3 heteroatoms. The third kappa shape index (κ3) is 1.61. The fourth-order valence-corrected chi connectivity index (χ4v) is 1.89. The molecule has 2 nitrogen and oxygen atoms in total. The molecule has 70 valence electrons. The molecule has 1 heterocycles. The number of fused-ring (bicyclic) bond motifs is 1. The summed E-state index contributed by atoms with van der Waals surface area (Å²) in [5, 5.41) is 0. The van der Waals surface area contributed by atoms with Crippen LogP contribution in [0.2, 0.25) is 0 Å². The molecule has 0 atom stereocenters. The molecule has 0 saturated heterocycles. The third-order valence-corrected chi connectivity index (χ3v) is 2.99. The number of rotatable bonds is 1. The molecule has 0 radical (unpaired) electrons. The lowest BCUT2D eigenvalue weighted by atomic mass is 10.2. The van der Waals surface area contributed by atoms with Crippen molar-refractivity contribution in [3.05, 3.63) is 18.2 Å². The van der Waals surface area contributed by atoms with Crippen LogP contribution in [0.25, 0.3) is 0 Å². The van der Waals surface area contributed by atoms with Crippen LogP contribution in [0.5, 0.6) is 5.75 Å². The predicted octanol–water partition coefficient (Wildman–Crippen LogP) is 2.24. The van der Waals surface area contributed by atoms with E-state index in [9.17, 15) is 0 Å².